The second kappa shape index (κ2) is 9.09. The summed E-state index contributed by atoms with van der Waals surface area (Å²) in [5.74, 6) is -1.60. The van der Waals surface area contributed by atoms with E-state index < -0.39 is 40.3 Å². The molecule has 5 rings (SSSR count). The smallest absolute Gasteiger partial charge is 0.395 e. The first kappa shape index (κ1) is 25.1. The second-order valence-corrected chi connectivity index (χ2v) is 9.73. The number of rotatable bonds is 7. The molecule has 198 valence electrons. The van der Waals surface area contributed by atoms with Gasteiger partial charge in [0.2, 0.25) is 5.91 Å². The number of amides is 1. The van der Waals surface area contributed by atoms with Crippen LogP contribution in [0.25, 0.3) is 11.0 Å². The number of carbonyl (C=O) groups is 1. The number of hydrogen-bond donors (Lipinski definition) is 1. The summed E-state index contributed by atoms with van der Waals surface area (Å²) >= 11 is 0. The van der Waals surface area contributed by atoms with Crippen LogP contribution >= 0.6 is 0 Å². The number of nitrogens with one attached hydrogen (secondary N) is 1. The fourth-order valence-corrected chi connectivity index (χ4v) is 4.68. The minimum atomic E-state index is -4.34. The van der Waals surface area contributed by atoms with Crippen LogP contribution in [0, 0.1) is 6.92 Å². The molecular formula is C23H19F2N5O7S. The van der Waals surface area contributed by atoms with Crippen LogP contribution < -0.4 is 24.1 Å². The SMILES string of the molecule is CCN(C(=O)Cn1nc(OS(=O)(=O)c2ccc(C)cc2)c2[nH]cnc2c1=O)c1ccc2c(c1)OC(F)(F)O2. The molecule has 38 heavy (non-hydrogen) atoms. The van der Waals surface area contributed by atoms with Crippen molar-refractivity contribution >= 4 is 32.7 Å². The van der Waals surface area contributed by atoms with Crippen LogP contribution in [0.4, 0.5) is 14.5 Å². The molecule has 2 aromatic heterocycles. The second-order valence-electron chi connectivity index (χ2n) is 8.18. The molecule has 0 bridgehead atoms. The lowest BCUT2D eigenvalue weighted by Crippen LogP contribution is -2.37. The molecule has 3 heterocycles. The van der Waals surface area contributed by atoms with Crippen molar-refractivity contribution in [1.29, 1.82) is 0 Å². The molecule has 1 N–H and O–H groups in total. The van der Waals surface area contributed by atoms with Crippen molar-refractivity contribution in [1.82, 2.24) is 19.7 Å². The Morgan fingerprint density at radius 1 is 1.16 bits per heavy atom. The maximum Gasteiger partial charge on any atom is 0.586 e. The van der Waals surface area contributed by atoms with Crippen LogP contribution in [0.1, 0.15) is 12.5 Å². The number of anilines is 1. The fourth-order valence-electron chi connectivity index (χ4n) is 3.79. The van der Waals surface area contributed by atoms with Gasteiger partial charge in [-0.1, -0.05) is 17.7 Å². The largest absolute Gasteiger partial charge is 0.586 e. The van der Waals surface area contributed by atoms with E-state index in [1.165, 1.54) is 35.2 Å². The number of imidazole rings is 1. The summed E-state index contributed by atoms with van der Waals surface area (Å²) in [6.07, 6.45) is -2.67. The molecule has 4 aromatic rings. The standard InChI is InChI=1S/C23H19F2N5O7S/c1-3-29(14-6-9-16-17(10-14)36-23(24,25)35-16)18(31)11-30-22(32)20-19(26-12-27-20)21(28-30)37-38(33,34)15-7-4-13(2)5-8-15/h4-10,12H,3,11H2,1-2H3,(H,26,27). The highest BCUT2D eigenvalue weighted by Gasteiger charge is 2.43. The van der Waals surface area contributed by atoms with Gasteiger partial charge in [0.1, 0.15) is 17.0 Å². The summed E-state index contributed by atoms with van der Waals surface area (Å²) in [7, 11) is -4.34. The molecular weight excluding hydrogens is 528 g/mol. The van der Waals surface area contributed by atoms with Gasteiger partial charge in [-0.2, -0.15) is 8.42 Å². The third-order valence-electron chi connectivity index (χ3n) is 5.60. The zero-order valence-corrected chi connectivity index (χ0v) is 20.7. The number of fused-ring (bicyclic) bond motifs is 2. The highest BCUT2D eigenvalue weighted by atomic mass is 32.2. The predicted octanol–water partition coefficient (Wildman–Crippen LogP) is 2.57. The van der Waals surface area contributed by atoms with E-state index in [4.69, 9.17) is 4.18 Å². The topological polar surface area (TPSA) is 146 Å². The van der Waals surface area contributed by atoms with Gasteiger partial charge in [-0.3, -0.25) is 9.59 Å². The van der Waals surface area contributed by atoms with Crippen LogP contribution in [0.3, 0.4) is 0 Å². The molecule has 1 aliphatic heterocycles. The van der Waals surface area contributed by atoms with E-state index in [0.29, 0.717) is 0 Å². The fraction of sp³-hybridized carbons (Fsp3) is 0.217. The Morgan fingerprint density at radius 3 is 2.58 bits per heavy atom. The van der Waals surface area contributed by atoms with Gasteiger partial charge < -0.3 is 23.5 Å². The van der Waals surface area contributed by atoms with E-state index in [9.17, 15) is 26.8 Å². The Morgan fingerprint density at radius 2 is 1.87 bits per heavy atom. The van der Waals surface area contributed by atoms with Gasteiger partial charge >= 0.3 is 16.4 Å². The number of halogens is 2. The monoisotopic (exact) mass is 547 g/mol. The Labute approximate surface area is 213 Å². The summed E-state index contributed by atoms with van der Waals surface area (Å²) in [5.41, 5.74) is -0.0172. The van der Waals surface area contributed by atoms with Gasteiger partial charge in [0.15, 0.2) is 17.0 Å². The van der Waals surface area contributed by atoms with Gasteiger partial charge in [0.05, 0.1) is 6.33 Å². The number of aryl methyl sites for hydroxylation is 1. The Balaban J connectivity index is 1.46. The molecule has 0 spiro atoms. The predicted molar refractivity (Wildman–Crippen MR) is 128 cm³/mol. The number of carbonyl (C=O) groups excluding carboxylic acids is 1. The van der Waals surface area contributed by atoms with E-state index >= 15 is 0 Å². The summed E-state index contributed by atoms with van der Waals surface area (Å²) in [6, 6.07) is 9.69. The van der Waals surface area contributed by atoms with E-state index in [1.54, 1.807) is 26.0 Å². The van der Waals surface area contributed by atoms with E-state index in [2.05, 4.69) is 24.5 Å². The van der Waals surface area contributed by atoms with Crippen LogP contribution in [0.5, 0.6) is 17.4 Å². The van der Waals surface area contributed by atoms with Crippen LogP contribution in [0.2, 0.25) is 0 Å². The average Bonchev–Trinajstić information content (AvgIpc) is 3.46. The molecule has 0 atom stereocenters. The number of H-pyrrole nitrogens is 1. The molecule has 0 saturated carbocycles. The van der Waals surface area contributed by atoms with E-state index in [1.807, 2.05) is 0 Å². The summed E-state index contributed by atoms with van der Waals surface area (Å²) in [6.45, 7) is 2.88. The number of hydrogen-bond acceptors (Lipinski definition) is 9. The molecule has 1 amide bonds. The average molecular weight is 547 g/mol. The third kappa shape index (κ3) is 4.63. The summed E-state index contributed by atoms with van der Waals surface area (Å²) in [5, 5.41) is 3.97. The third-order valence-corrected chi connectivity index (χ3v) is 6.83. The number of aromatic amines is 1. The number of alkyl halides is 2. The lowest BCUT2D eigenvalue weighted by atomic mass is 10.2. The quantitative estimate of drug-likeness (QED) is 0.345. The summed E-state index contributed by atoms with van der Waals surface area (Å²) < 4.78 is 67.2. The Hall–Kier alpha value is -4.53. The van der Waals surface area contributed by atoms with Gasteiger partial charge in [-0.05, 0) is 38.1 Å². The van der Waals surface area contributed by atoms with Gasteiger partial charge in [0.25, 0.3) is 11.4 Å². The lowest BCUT2D eigenvalue weighted by molar-refractivity contribution is -0.286. The summed E-state index contributed by atoms with van der Waals surface area (Å²) in [4.78, 5) is 33.7. The number of benzene rings is 2. The van der Waals surface area contributed by atoms with Crippen molar-refractivity contribution in [2.75, 3.05) is 11.4 Å². The molecule has 0 saturated heterocycles. The van der Waals surface area contributed by atoms with Crippen molar-refractivity contribution in [3.63, 3.8) is 0 Å². The van der Waals surface area contributed by atoms with E-state index in [0.717, 1.165) is 16.6 Å². The maximum atomic E-state index is 13.4. The van der Waals surface area contributed by atoms with Crippen molar-refractivity contribution in [2.45, 2.75) is 31.6 Å². The molecule has 0 fully saturated rings. The highest BCUT2D eigenvalue weighted by molar-refractivity contribution is 7.87. The van der Waals surface area contributed by atoms with Crippen molar-refractivity contribution in [2.24, 2.45) is 0 Å². The van der Waals surface area contributed by atoms with Crippen molar-refractivity contribution in [3.05, 3.63) is 64.7 Å². The number of nitrogens with zero attached hydrogens (tertiary/aromatic N) is 4. The minimum Gasteiger partial charge on any atom is -0.395 e. The minimum absolute atomic E-state index is 0.0709. The first-order valence-corrected chi connectivity index (χ1v) is 12.5. The Kier molecular flexibility index (Phi) is 6.01. The zero-order chi connectivity index (χ0) is 27.2. The van der Waals surface area contributed by atoms with Crippen molar-refractivity contribution < 1.29 is 35.6 Å². The molecule has 0 aliphatic carbocycles. The first-order chi connectivity index (χ1) is 18.0. The maximum absolute atomic E-state index is 13.4. The highest BCUT2D eigenvalue weighted by Crippen LogP contribution is 2.42. The van der Waals surface area contributed by atoms with Crippen LogP contribution in [-0.4, -0.2) is 46.9 Å². The Bertz CT molecular complexity index is 1720. The molecule has 0 radical (unpaired) electrons. The lowest BCUT2D eigenvalue weighted by Gasteiger charge is -2.21. The first-order valence-electron chi connectivity index (χ1n) is 11.1. The van der Waals surface area contributed by atoms with Crippen LogP contribution in [-0.2, 0) is 21.5 Å². The molecule has 12 nitrogen and oxygen atoms in total. The van der Waals surface area contributed by atoms with E-state index in [-0.39, 0.29) is 39.7 Å². The molecule has 15 heteroatoms. The number of likely N-dealkylation sites (N-methyl/N-ethyl adjacent to an activating group) is 1. The number of ether oxygens (including phenoxy) is 2. The normalized spacial score (nSPS) is 14.0. The molecule has 2 aromatic carbocycles. The van der Waals surface area contributed by atoms with Gasteiger partial charge in [-0.15, -0.1) is 13.9 Å². The number of aromatic nitrogens is 4. The molecule has 1 aliphatic rings. The van der Waals surface area contributed by atoms with Gasteiger partial charge in [-0.25, -0.2) is 9.67 Å². The van der Waals surface area contributed by atoms with Crippen molar-refractivity contribution in [3.8, 4) is 17.4 Å². The zero-order valence-electron chi connectivity index (χ0n) is 19.8. The van der Waals surface area contributed by atoms with Crippen LogP contribution in [0.15, 0.2) is 58.5 Å². The van der Waals surface area contributed by atoms with Gasteiger partial charge in [0, 0.05) is 18.3 Å². The molecule has 0 unspecified atom stereocenters.